The van der Waals surface area contributed by atoms with E-state index in [2.05, 4.69) is 5.32 Å². The molecule has 0 spiro atoms. The van der Waals surface area contributed by atoms with Gasteiger partial charge in [-0.05, 0) is 25.3 Å². The summed E-state index contributed by atoms with van der Waals surface area (Å²) >= 11 is 0. The fraction of sp³-hybridized carbons (Fsp3) is 0.571. The Labute approximate surface area is 103 Å². The van der Waals surface area contributed by atoms with Gasteiger partial charge in [-0.15, -0.1) is 0 Å². The molecule has 0 heterocycles. The third-order valence-electron chi connectivity index (χ3n) is 3.03. The number of aliphatic hydroxyl groups excluding tert-OH is 1. The Morgan fingerprint density at radius 2 is 2.06 bits per heavy atom. The van der Waals surface area contributed by atoms with Crippen molar-refractivity contribution < 1.29 is 9.84 Å². The van der Waals surface area contributed by atoms with Gasteiger partial charge in [0.05, 0.1) is 18.8 Å². The van der Waals surface area contributed by atoms with Gasteiger partial charge in [0.2, 0.25) is 0 Å². The van der Waals surface area contributed by atoms with Gasteiger partial charge < -0.3 is 15.2 Å². The summed E-state index contributed by atoms with van der Waals surface area (Å²) in [5, 5.41) is 13.0. The summed E-state index contributed by atoms with van der Waals surface area (Å²) in [5.41, 5.74) is 1.15. The van der Waals surface area contributed by atoms with Crippen LogP contribution in [0.15, 0.2) is 30.3 Å². The molecule has 17 heavy (non-hydrogen) atoms. The van der Waals surface area contributed by atoms with Crippen molar-refractivity contribution >= 4 is 0 Å². The molecule has 0 aliphatic heterocycles. The standard InChI is InChI=1S/C14H21NO2/c1-11(12-5-3-2-4-6-12)17-10-14(16)9-15-13-7-8-13/h2-6,11,13-16H,7-10H2,1H3. The molecule has 3 nitrogen and oxygen atoms in total. The van der Waals surface area contributed by atoms with Crippen LogP contribution in [0.4, 0.5) is 0 Å². The lowest BCUT2D eigenvalue weighted by Crippen LogP contribution is -2.31. The summed E-state index contributed by atoms with van der Waals surface area (Å²) in [6.45, 7) is 3.03. The Hall–Kier alpha value is -0.900. The first-order valence-corrected chi connectivity index (χ1v) is 6.33. The van der Waals surface area contributed by atoms with Gasteiger partial charge in [-0.2, -0.15) is 0 Å². The highest BCUT2D eigenvalue weighted by atomic mass is 16.5. The first kappa shape index (κ1) is 12.6. The van der Waals surface area contributed by atoms with E-state index in [0.29, 0.717) is 19.2 Å². The lowest BCUT2D eigenvalue weighted by atomic mass is 10.1. The Morgan fingerprint density at radius 3 is 2.71 bits per heavy atom. The molecule has 2 N–H and O–H groups in total. The average molecular weight is 235 g/mol. The summed E-state index contributed by atoms with van der Waals surface area (Å²) in [6, 6.07) is 10.7. The molecule has 0 radical (unpaired) electrons. The quantitative estimate of drug-likeness (QED) is 0.758. The summed E-state index contributed by atoms with van der Waals surface area (Å²) in [5.74, 6) is 0. The number of rotatable bonds is 7. The maximum atomic E-state index is 9.73. The van der Waals surface area contributed by atoms with Crippen LogP contribution in [0.3, 0.4) is 0 Å². The molecule has 94 valence electrons. The molecule has 1 fully saturated rings. The third kappa shape index (κ3) is 4.46. The van der Waals surface area contributed by atoms with E-state index in [1.165, 1.54) is 12.8 Å². The second-order valence-corrected chi connectivity index (χ2v) is 4.72. The lowest BCUT2D eigenvalue weighted by molar-refractivity contribution is -0.00212. The Kier molecular flexibility index (Phi) is 4.54. The minimum Gasteiger partial charge on any atom is -0.389 e. The first-order valence-electron chi connectivity index (χ1n) is 6.33. The molecule has 0 amide bonds. The molecule has 0 saturated heterocycles. The van der Waals surface area contributed by atoms with Crippen molar-refractivity contribution in [3.63, 3.8) is 0 Å². The number of aliphatic hydroxyl groups is 1. The molecule has 2 rings (SSSR count). The Bertz CT molecular complexity index is 324. The largest absolute Gasteiger partial charge is 0.389 e. The van der Waals surface area contributed by atoms with Crippen molar-refractivity contribution in [2.24, 2.45) is 0 Å². The number of nitrogens with one attached hydrogen (secondary N) is 1. The normalized spacial score (nSPS) is 18.9. The van der Waals surface area contributed by atoms with Gasteiger partial charge in [-0.3, -0.25) is 0 Å². The zero-order chi connectivity index (χ0) is 12.1. The van der Waals surface area contributed by atoms with Gasteiger partial charge >= 0.3 is 0 Å². The highest BCUT2D eigenvalue weighted by Crippen LogP contribution is 2.19. The fourth-order valence-electron chi connectivity index (χ4n) is 1.72. The SMILES string of the molecule is CC(OCC(O)CNC1CC1)c1ccccc1. The number of hydrogen-bond acceptors (Lipinski definition) is 3. The summed E-state index contributed by atoms with van der Waals surface area (Å²) in [6.07, 6.45) is 2.11. The summed E-state index contributed by atoms with van der Waals surface area (Å²) in [4.78, 5) is 0. The van der Waals surface area contributed by atoms with Crippen LogP contribution in [0.2, 0.25) is 0 Å². The molecule has 1 aromatic carbocycles. The van der Waals surface area contributed by atoms with Gasteiger partial charge in [0.1, 0.15) is 0 Å². The monoisotopic (exact) mass is 235 g/mol. The molecule has 1 saturated carbocycles. The average Bonchev–Trinajstić information content (AvgIpc) is 3.18. The van der Waals surface area contributed by atoms with Crippen LogP contribution >= 0.6 is 0 Å². The first-order chi connectivity index (χ1) is 8.25. The lowest BCUT2D eigenvalue weighted by Gasteiger charge is -2.17. The Balaban J connectivity index is 1.66. The van der Waals surface area contributed by atoms with Crippen molar-refractivity contribution in [3.05, 3.63) is 35.9 Å². The Morgan fingerprint density at radius 1 is 1.35 bits per heavy atom. The molecule has 1 aliphatic rings. The van der Waals surface area contributed by atoms with Crippen molar-refractivity contribution in [2.75, 3.05) is 13.2 Å². The molecular formula is C14H21NO2. The van der Waals surface area contributed by atoms with Crippen LogP contribution in [-0.2, 0) is 4.74 Å². The van der Waals surface area contributed by atoms with Crippen molar-refractivity contribution in [1.29, 1.82) is 0 Å². The van der Waals surface area contributed by atoms with Crippen LogP contribution in [0.5, 0.6) is 0 Å². The van der Waals surface area contributed by atoms with Gasteiger partial charge in [-0.1, -0.05) is 30.3 Å². The maximum Gasteiger partial charge on any atom is 0.0898 e. The van der Waals surface area contributed by atoms with Gasteiger partial charge in [0.15, 0.2) is 0 Å². The van der Waals surface area contributed by atoms with Crippen LogP contribution in [0.1, 0.15) is 31.4 Å². The second-order valence-electron chi connectivity index (χ2n) is 4.72. The van der Waals surface area contributed by atoms with Gasteiger partial charge in [0, 0.05) is 12.6 Å². The van der Waals surface area contributed by atoms with Crippen molar-refractivity contribution in [1.82, 2.24) is 5.32 Å². The number of hydrogen-bond donors (Lipinski definition) is 2. The maximum absolute atomic E-state index is 9.73. The summed E-state index contributed by atoms with van der Waals surface area (Å²) < 4.78 is 5.65. The molecule has 3 heteroatoms. The predicted octanol–water partition coefficient (Wildman–Crippen LogP) is 1.88. The zero-order valence-corrected chi connectivity index (χ0v) is 10.3. The van der Waals surface area contributed by atoms with Gasteiger partial charge in [0.25, 0.3) is 0 Å². The van der Waals surface area contributed by atoms with Gasteiger partial charge in [-0.25, -0.2) is 0 Å². The van der Waals surface area contributed by atoms with Crippen LogP contribution in [0.25, 0.3) is 0 Å². The summed E-state index contributed by atoms with van der Waals surface area (Å²) in [7, 11) is 0. The van der Waals surface area contributed by atoms with E-state index in [4.69, 9.17) is 4.74 Å². The molecule has 2 atom stereocenters. The minimum absolute atomic E-state index is 0.0341. The van der Waals surface area contributed by atoms with E-state index in [1.54, 1.807) is 0 Å². The zero-order valence-electron chi connectivity index (χ0n) is 10.3. The number of benzene rings is 1. The number of ether oxygens (including phenoxy) is 1. The highest BCUT2D eigenvalue weighted by molar-refractivity contribution is 5.16. The predicted molar refractivity (Wildman–Crippen MR) is 67.8 cm³/mol. The molecular weight excluding hydrogens is 214 g/mol. The van der Waals surface area contributed by atoms with E-state index in [1.807, 2.05) is 37.3 Å². The molecule has 2 unspecified atom stereocenters. The van der Waals surface area contributed by atoms with E-state index in [0.717, 1.165) is 5.56 Å². The van der Waals surface area contributed by atoms with Crippen LogP contribution < -0.4 is 5.32 Å². The van der Waals surface area contributed by atoms with Crippen LogP contribution in [0, 0.1) is 0 Å². The highest BCUT2D eigenvalue weighted by Gasteiger charge is 2.21. The van der Waals surface area contributed by atoms with Crippen molar-refractivity contribution in [3.8, 4) is 0 Å². The van der Waals surface area contributed by atoms with E-state index in [-0.39, 0.29) is 6.10 Å². The fourth-order valence-corrected chi connectivity index (χ4v) is 1.72. The topological polar surface area (TPSA) is 41.5 Å². The molecule has 1 aromatic rings. The van der Waals surface area contributed by atoms with Crippen molar-refractivity contribution in [2.45, 2.75) is 38.0 Å². The minimum atomic E-state index is -0.415. The second kappa shape index (κ2) is 6.15. The smallest absolute Gasteiger partial charge is 0.0898 e. The van der Waals surface area contributed by atoms with E-state index >= 15 is 0 Å². The van der Waals surface area contributed by atoms with Crippen LogP contribution in [-0.4, -0.2) is 30.4 Å². The molecule has 0 bridgehead atoms. The third-order valence-corrected chi connectivity index (χ3v) is 3.03. The van der Waals surface area contributed by atoms with E-state index in [9.17, 15) is 5.11 Å². The molecule has 1 aliphatic carbocycles. The van der Waals surface area contributed by atoms with E-state index < -0.39 is 6.10 Å². The molecule has 0 aromatic heterocycles.